The van der Waals surface area contributed by atoms with Crippen molar-refractivity contribution in [2.45, 2.75) is 19.1 Å². The van der Waals surface area contributed by atoms with E-state index in [1.807, 2.05) is 0 Å². The van der Waals surface area contributed by atoms with Gasteiger partial charge in [-0.15, -0.1) is 0 Å². The second-order valence-electron chi connectivity index (χ2n) is 4.02. The Bertz CT molecular complexity index is 509. The van der Waals surface area contributed by atoms with Gasteiger partial charge in [0.1, 0.15) is 0 Å². The molecule has 1 aromatic rings. The minimum absolute atomic E-state index is 0.0484. The molecule has 1 aromatic carbocycles. The van der Waals surface area contributed by atoms with E-state index >= 15 is 0 Å². The lowest BCUT2D eigenvalue weighted by molar-refractivity contribution is -0.150. The smallest absolute Gasteiger partial charge is 0.370 e. The minimum Gasteiger partial charge on any atom is -0.467 e. The molecule has 0 bridgehead atoms. The van der Waals surface area contributed by atoms with Crippen LogP contribution in [-0.2, 0) is 41.1 Å². The summed E-state index contributed by atoms with van der Waals surface area (Å²) in [6.07, 6.45) is 0. The number of rotatable bonds is 8. The number of carbonyl (C=O) groups is 1. The van der Waals surface area contributed by atoms with Crippen molar-refractivity contribution in [2.75, 3.05) is 21.3 Å². The molecule has 0 heterocycles. The summed E-state index contributed by atoms with van der Waals surface area (Å²) in [7, 11) is -0.319. The summed E-state index contributed by atoms with van der Waals surface area (Å²) in [4.78, 5) is 11.7. The molecule has 1 unspecified atom stereocenters. The van der Waals surface area contributed by atoms with Crippen LogP contribution in [0.25, 0.3) is 0 Å². The van der Waals surface area contributed by atoms with E-state index in [0.29, 0.717) is 11.1 Å². The van der Waals surface area contributed by atoms with Gasteiger partial charge in [-0.25, -0.2) is 4.79 Å². The number of hydrogen-bond acceptors (Lipinski definition) is 7. The molecule has 0 amide bonds. The summed E-state index contributed by atoms with van der Waals surface area (Å²) in [6, 6.07) is 6.97. The molecule has 118 valence electrons. The van der Waals surface area contributed by atoms with Crippen molar-refractivity contribution in [1.82, 2.24) is 0 Å². The van der Waals surface area contributed by atoms with E-state index in [9.17, 15) is 14.5 Å². The number of aliphatic hydroxyl groups is 1. The van der Waals surface area contributed by atoms with Crippen molar-refractivity contribution in [1.29, 1.82) is 0 Å². The van der Waals surface area contributed by atoms with E-state index in [-0.39, 0.29) is 13.2 Å². The van der Waals surface area contributed by atoms with E-state index in [4.69, 9.17) is 13.8 Å². The van der Waals surface area contributed by atoms with Crippen LogP contribution >= 0.6 is 7.60 Å². The Balaban J connectivity index is 2.93. The number of ether oxygens (including phenoxy) is 2. The molecule has 0 aliphatic heterocycles. The van der Waals surface area contributed by atoms with Gasteiger partial charge in [0, 0.05) is 14.2 Å². The first-order valence-electron chi connectivity index (χ1n) is 6.10. The van der Waals surface area contributed by atoms with Gasteiger partial charge in [-0.1, -0.05) is 24.3 Å². The molecular formula is C13H19O7P. The minimum atomic E-state index is -3.78. The Morgan fingerprint density at radius 2 is 1.76 bits per heavy atom. The molecule has 1 rings (SSSR count). The molecular weight excluding hydrogens is 299 g/mol. The van der Waals surface area contributed by atoms with Crippen LogP contribution in [0.1, 0.15) is 11.1 Å². The standard InChI is InChI=1S/C13H19O7P/c1-17-12(15)13(21(16,18-2)19-3)20-9-11-7-5-4-6-10(11)8-14/h4-7,13-14H,8-9H2,1-3H3. The predicted molar refractivity (Wildman–Crippen MR) is 74.6 cm³/mol. The molecule has 0 aliphatic rings. The molecule has 1 atom stereocenters. The SMILES string of the molecule is COC(=O)C(OCc1ccccc1CO)P(=O)(OC)OC. The number of carbonyl (C=O) groups excluding carboxylic acids is 1. The molecule has 1 N–H and O–H groups in total. The van der Waals surface area contributed by atoms with Gasteiger partial charge in [-0.05, 0) is 11.1 Å². The van der Waals surface area contributed by atoms with Crippen LogP contribution in [0.4, 0.5) is 0 Å². The Hall–Kier alpha value is -1.24. The van der Waals surface area contributed by atoms with Crippen LogP contribution in [0.5, 0.6) is 0 Å². The van der Waals surface area contributed by atoms with E-state index in [1.165, 1.54) is 0 Å². The molecule has 0 spiro atoms. The topological polar surface area (TPSA) is 91.3 Å². The van der Waals surface area contributed by atoms with Gasteiger partial charge in [0.15, 0.2) is 0 Å². The monoisotopic (exact) mass is 318 g/mol. The lowest BCUT2D eigenvalue weighted by Gasteiger charge is -2.22. The molecule has 0 aromatic heterocycles. The third-order valence-corrected chi connectivity index (χ3v) is 4.84. The molecule has 7 nitrogen and oxygen atoms in total. The maximum absolute atomic E-state index is 12.3. The molecule has 0 aliphatic carbocycles. The lowest BCUT2D eigenvalue weighted by Crippen LogP contribution is -2.27. The Morgan fingerprint density at radius 3 is 2.24 bits per heavy atom. The summed E-state index contributed by atoms with van der Waals surface area (Å²) in [5, 5.41) is 9.24. The fourth-order valence-corrected chi connectivity index (χ4v) is 2.83. The average Bonchev–Trinajstić information content (AvgIpc) is 2.54. The average molecular weight is 318 g/mol. The lowest BCUT2D eigenvalue weighted by atomic mass is 10.1. The molecule has 0 radical (unpaired) electrons. The number of hydrogen-bond donors (Lipinski definition) is 1. The molecule has 0 saturated heterocycles. The highest BCUT2D eigenvalue weighted by molar-refractivity contribution is 7.55. The predicted octanol–water partition coefficient (Wildman–Crippen LogP) is 1.68. The summed E-state index contributed by atoms with van der Waals surface area (Å²) in [6.45, 7) is -0.220. The summed E-state index contributed by atoms with van der Waals surface area (Å²) < 4.78 is 31.8. The van der Waals surface area contributed by atoms with Crippen molar-refractivity contribution in [2.24, 2.45) is 0 Å². The Morgan fingerprint density at radius 1 is 1.19 bits per heavy atom. The zero-order valence-corrected chi connectivity index (χ0v) is 13.0. The maximum atomic E-state index is 12.3. The first-order chi connectivity index (χ1) is 10.0. The second-order valence-corrected chi connectivity index (χ2v) is 6.30. The fraction of sp³-hybridized carbons (Fsp3) is 0.462. The highest BCUT2D eigenvalue weighted by Gasteiger charge is 2.42. The largest absolute Gasteiger partial charge is 0.467 e. The zero-order valence-electron chi connectivity index (χ0n) is 12.1. The summed E-state index contributed by atoms with van der Waals surface area (Å²) in [5.74, 6) is -2.35. The number of esters is 1. The van der Waals surface area contributed by atoms with E-state index in [1.54, 1.807) is 24.3 Å². The van der Waals surface area contributed by atoms with Crippen molar-refractivity contribution in [3.63, 3.8) is 0 Å². The van der Waals surface area contributed by atoms with Crippen LogP contribution in [0, 0.1) is 0 Å². The van der Waals surface area contributed by atoms with E-state index in [2.05, 4.69) is 4.74 Å². The van der Waals surface area contributed by atoms with Gasteiger partial charge < -0.3 is 23.6 Å². The fourth-order valence-electron chi connectivity index (χ4n) is 1.68. The van der Waals surface area contributed by atoms with Crippen LogP contribution in [0.15, 0.2) is 24.3 Å². The van der Waals surface area contributed by atoms with Crippen molar-refractivity contribution in [3.05, 3.63) is 35.4 Å². The maximum Gasteiger partial charge on any atom is 0.370 e. The first-order valence-corrected chi connectivity index (χ1v) is 7.71. The van der Waals surface area contributed by atoms with E-state index in [0.717, 1.165) is 21.3 Å². The van der Waals surface area contributed by atoms with Crippen LogP contribution in [0.2, 0.25) is 0 Å². The normalized spacial score (nSPS) is 13.0. The van der Waals surface area contributed by atoms with Crippen LogP contribution < -0.4 is 0 Å². The van der Waals surface area contributed by atoms with Gasteiger partial charge in [0.05, 0.1) is 20.3 Å². The highest BCUT2D eigenvalue weighted by Crippen LogP contribution is 2.52. The number of methoxy groups -OCH3 is 1. The number of benzene rings is 1. The molecule has 21 heavy (non-hydrogen) atoms. The van der Waals surface area contributed by atoms with Gasteiger partial charge in [-0.3, -0.25) is 4.57 Å². The highest BCUT2D eigenvalue weighted by atomic mass is 31.2. The quantitative estimate of drug-likeness (QED) is 0.576. The van der Waals surface area contributed by atoms with Gasteiger partial charge in [-0.2, -0.15) is 0 Å². The summed E-state index contributed by atoms with van der Waals surface area (Å²) in [5.41, 5.74) is 1.30. The summed E-state index contributed by atoms with van der Waals surface area (Å²) >= 11 is 0. The Labute approximate surface area is 123 Å². The van der Waals surface area contributed by atoms with Crippen molar-refractivity contribution in [3.8, 4) is 0 Å². The third-order valence-electron chi connectivity index (χ3n) is 2.88. The van der Waals surface area contributed by atoms with E-state index < -0.39 is 19.4 Å². The van der Waals surface area contributed by atoms with Crippen molar-refractivity contribution >= 4 is 13.6 Å². The van der Waals surface area contributed by atoms with Gasteiger partial charge in [0.25, 0.3) is 5.85 Å². The van der Waals surface area contributed by atoms with Gasteiger partial charge in [0.2, 0.25) is 0 Å². The first kappa shape index (κ1) is 17.8. The Kier molecular flexibility index (Phi) is 7.01. The van der Waals surface area contributed by atoms with Crippen molar-refractivity contribution < 1.29 is 33.0 Å². The molecule has 0 fully saturated rings. The number of aliphatic hydroxyl groups excluding tert-OH is 1. The third kappa shape index (κ3) is 4.36. The van der Waals surface area contributed by atoms with Crippen LogP contribution in [0.3, 0.4) is 0 Å². The zero-order chi connectivity index (χ0) is 15.9. The second kappa shape index (κ2) is 8.26. The molecule has 8 heteroatoms. The van der Waals surface area contributed by atoms with Crippen LogP contribution in [-0.4, -0.2) is 38.3 Å². The molecule has 0 saturated carbocycles. The van der Waals surface area contributed by atoms with Gasteiger partial charge >= 0.3 is 13.6 Å².